The van der Waals surface area contributed by atoms with Crippen LogP contribution in [0.4, 0.5) is 0 Å². The van der Waals surface area contributed by atoms with Crippen LogP contribution in [-0.4, -0.2) is 48.8 Å². The van der Waals surface area contributed by atoms with Gasteiger partial charge in [0.2, 0.25) is 0 Å². The van der Waals surface area contributed by atoms with E-state index in [2.05, 4.69) is 10.2 Å². The summed E-state index contributed by atoms with van der Waals surface area (Å²) in [5.74, 6) is 0. The number of likely N-dealkylation sites (tertiary alicyclic amines) is 1. The summed E-state index contributed by atoms with van der Waals surface area (Å²) in [6, 6.07) is 0. The highest BCUT2D eigenvalue weighted by atomic mass is 16.3. The first-order valence-corrected chi connectivity index (χ1v) is 4.73. The highest BCUT2D eigenvalue weighted by molar-refractivity contribution is 4.81. The van der Waals surface area contributed by atoms with E-state index in [0.29, 0.717) is 0 Å². The smallest absolute Gasteiger partial charge is 0.0644 e. The predicted molar refractivity (Wildman–Crippen MR) is 50.2 cm³/mol. The first kappa shape index (κ1) is 9.96. The molecule has 2 N–H and O–H groups in total. The van der Waals surface area contributed by atoms with Crippen molar-refractivity contribution < 1.29 is 5.11 Å². The number of hydrogen-bond donors (Lipinski definition) is 2. The number of rotatable bonds is 3. The van der Waals surface area contributed by atoms with Crippen molar-refractivity contribution in [1.29, 1.82) is 0 Å². The van der Waals surface area contributed by atoms with E-state index in [9.17, 15) is 5.11 Å². The van der Waals surface area contributed by atoms with Crippen molar-refractivity contribution in [2.45, 2.75) is 25.4 Å². The van der Waals surface area contributed by atoms with E-state index in [1.165, 1.54) is 0 Å². The number of hydrogen-bond acceptors (Lipinski definition) is 3. The van der Waals surface area contributed by atoms with E-state index in [1.807, 2.05) is 14.0 Å². The third-order valence-corrected chi connectivity index (χ3v) is 2.61. The summed E-state index contributed by atoms with van der Waals surface area (Å²) in [5.41, 5.74) is -0.407. The summed E-state index contributed by atoms with van der Waals surface area (Å²) in [6.07, 6.45) is 1.83. The van der Waals surface area contributed by atoms with Crippen LogP contribution in [0.25, 0.3) is 0 Å². The maximum absolute atomic E-state index is 9.68. The van der Waals surface area contributed by atoms with Crippen LogP contribution in [0.15, 0.2) is 0 Å². The molecule has 0 saturated carbocycles. The Morgan fingerprint density at radius 1 is 1.42 bits per heavy atom. The van der Waals surface area contributed by atoms with Crippen LogP contribution in [0.3, 0.4) is 0 Å². The van der Waals surface area contributed by atoms with Crippen LogP contribution in [0.1, 0.15) is 19.8 Å². The van der Waals surface area contributed by atoms with Crippen molar-refractivity contribution in [3.63, 3.8) is 0 Å². The minimum atomic E-state index is -0.407. The Labute approximate surface area is 74.8 Å². The van der Waals surface area contributed by atoms with Gasteiger partial charge in [-0.15, -0.1) is 0 Å². The zero-order chi connectivity index (χ0) is 9.03. The fourth-order valence-corrected chi connectivity index (χ4v) is 1.53. The molecule has 0 aromatic heterocycles. The molecule has 0 radical (unpaired) electrons. The normalized spacial score (nSPS) is 24.2. The summed E-state index contributed by atoms with van der Waals surface area (Å²) in [6.45, 7) is 6.15. The van der Waals surface area contributed by atoms with Crippen molar-refractivity contribution in [2.75, 3.05) is 33.2 Å². The molecule has 0 spiro atoms. The van der Waals surface area contributed by atoms with Gasteiger partial charge in [0.1, 0.15) is 0 Å². The van der Waals surface area contributed by atoms with Crippen molar-refractivity contribution in [1.82, 2.24) is 10.2 Å². The molecule has 0 amide bonds. The molecule has 3 heteroatoms. The molecule has 0 unspecified atom stereocenters. The van der Waals surface area contributed by atoms with Gasteiger partial charge in [-0.1, -0.05) is 0 Å². The molecule has 1 aliphatic heterocycles. The van der Waals surface area contributed by atoms with Crippen LogP contribution in [0.5, 0.6) is 0 Å². The lowest BCUT2D eigenvalue weighted by molar-refractivity contribution is -0.00479. The van der Waals surface area contributed by atoms with Gasteiger partial charge in [-0.3, -0.25) is 0 Å². The number of nitrogens with one attached hydrogen (secondary N) is 1. The Balaban J connectivity index is 2.18. The molecule has 0 aromatic rings. The largest absolute Gasteiger partial charge is 0.390 e. The minimum absolute atomic E-state index is 0.407. The van der Waals surface area contributed by atoms with E-state index in [1.54, 1.807) is 0 Å². The fraction of sp³-hybridized carbons (Fsp3) is 1.00. The van der Waals surface area contributed by atoms with Crippen molar-refractivity contribution in [3.8, 4) is 0 Å². The first-order chi connectivity index (χ1) is 5.64. The molecule has 0 bridgehead atoms. The molecule has 72 valence electrons. The number of nitrogens with zero attached hydrogens (tertiary/aromatic N) is 1. The summed E-state index contributed by atoms with van der Waals surface area (Å²) < 4.78 is 0. The maximum Gasteiger partial charge on any atom is 0.0644 e. The highest BCUT2D eigenvalue weighted by Gasteiger charge is 2.26. The second kappa shape index (κ2) is 4.21. The molecule has 0 aliphatic carbocycles. The summed E-state index contributed by atoms with van der Waals surface area (Å²) >= 11 is 0. The topological polar surface area (TPSA) is 35.5 Å². The maximum atomic E-state index is 9.68. The molecular formula is C9H20N2O. The Morgan fingerprint density at radius 2 is 2.00 bits per heavy atom. The average molecular weight is 172 g/mol. The summed E-state index contributed by atoms with van der Waals surface area (Å²) in [7, 11) is 1.97. The SMILES string of the molecule is CNCCN1CCC(C)(O)CC1. The second-order valence-electron chi connectivity index (χ2n) is 3.94. The molecule has 1 rings (SSSR count). The predicted octanol–water partition coefficient (Wildman–Crippen LogP) is 0.0526. The molecule has 0 aromatic carbocycles. The standard InChI is InChI=1S/C9H20N2O/c1-9(12)3-6-11(7-4-9)8-5-10-2/h10,12H,3-8H2,1-2H3. The van der Waals surface area contributed by atoms with Gasteiger partial charge >= 0.3 is 0 Å². The Hall–Kier alpha value is -0.120. The fourth-order valence-electron chi connectivity index (χ4n) is 1.53. The quantitative estimate of drug-likeness (QED) is 0.631. The average Bonchev–Trinajstić information content (AvgIpc) is 2.03. The Kier molecular flexibility index (Phi) is 3.50. The van der Waals surface area contributed by atoms with E-state index < -0.39 is 5.60 Å². The lowest BCUT2D eigenvalue weighted by Crippen LogP contribution is -2.44. The lowest BCUT2D eigenvalue weighted by Gasteiger charge is -2.35. The molecule has 1 heterocycles. The third-order valence-electron chi connectivity index (χ3n) is 2.61. The minimum Gasteiger partial charge on any atom is -0.390 e. The van der Waals surface area contributed by atoms with Gasteiger partial charge in [0, 0.05) is 26.2 Å². The van der Waals surface area contributed by atoms with E-state index >= 15 is 0 Å². The second-order valence-corrected chi connectivity index (χ2v) is 3.94. The summed E-state index contributed by atoms with van der Waals surface area (Å²) in [5, 5.41) is 12.8. The molecule has 3 nitrogen and oxygen atoms in total. The lowest BCUT2D eigenvalue weighted by atomic mass is 9.94. The van der Waals surface area contributed by atoms with E-state index in [-0.39, 0.29) is 0 Å². The molecular weight excluding hydrogens is 152 g/mol. The van der Waals surface area contributed by atoms with Crippen LogP contribution >= 0.6 is 0 Å². The van der Waals surface area contributed by atoms with Crippen LogP contribution in [-0.2, 0) is 0 Å². The number of piperidine rings is 1. The molecule has 1 fully saturated rings. The zero-order valence-corrected chi connectivity index (χ0v) is 8.14. The van der Waals surface area contributed by atoms with E-state index in [4.69, 9.17) is 0 Å². The summed E-state index contributed by atoms with van der Waals surface area (Å²) in [4.78, 5) is 2.40. The van der Waals surface area contributed by atoms with Gasteiger partial charge in [0.15, 0.2) is 0 Å². The van der Waals surface area contributed by atoms with Gasteiger partial charge in [0.05, 0.1) is 5.60 Å². The number of likely N-dealkylation sites (N-methyl/N-ethyl adjacent to an activating group) is 1. The Bertz CT molecular complexity index is 126. The molecule has 1 saturated heterocycles. The molecule has 1 aliphatic rings. The van der Waals surface area contributed by atoms with Gasteiger partial charge in [-0.25, -0.2) is 0 Å². The molecule has 0 atom stereocenters. The van der Waals surface area contributed by atoms with Crippen LogP contribution in [0, 0.1) is 0 Å². The first-order valence-electron chi connectivity index (χ1n) is 4.73. The number of aliphatic hydroxyl groups is 1. The molecule has 12 heavy (non-hydrogen) atoms. The van der Waals surface area contributed by atoms with E-state index in [0.717, 1.165) is 39.0 Å². The monoisotopic (exact) mass is 172 g/mol. The zero-order valence-electron chi connectivity index (χ0n) is 8.14. The van der Waals surface area contributed by atoms with Gasteiger partial charge in [-0.05, 0) is 26.8 Å². The van der Waals surface area contributed by atoms with Crippen molar-refractivity contribution in [2.24, 2.45) is 0 Å². The van der Waals surface area contributed by atoms with Gasteiger partial charge in [0.25, 0.3) is 0 Å². The van der Waals surface area contributed by atoms with Crippen LogP contribution < -0.4 is 5.32 Å². The van der Waals surface area contributed by atoms with Crippen molar-refractivity contribution >= 4 is 0 Å². The van der Waals surface area contributed by atoms with Gasteiger partial charge in [-0.2, -0.15) is 0 Å². The van der Waals surface area contributed by atoms with Gasteiger partial charge < -0.3 is 15.3 Å². The van der Waals surface area contributed by atoms with Crippen molar-refractivity contribution in [3.05, 3.63) is 0 Å². The highest BCUT2D eigenvalue weighted by Crippen LogP contribution is 2.20. The van der Waals surface area contributed by atoms with Crippen LogP contribution in [0.2, 0.25) is 0 Å². The Morgan fingerprint density at radius 3 is 2.50 bits per heavy atom. The third kappa shape index (κ3) is 3.09.